The summed E-state index contributed by atoms with van der Waals surface area (Å²) in [5, 5.41) is 48.1. The maximum Gasteiger partial charge on any atom is 0.357 e. The standard InChI is InChI=1S/2C18H16N4O6S.Cr/c1-11-15(17(23)22(20-11)13-5-3-2-4-6-13)10-19-16-9-12(21-29(26,27)28)7-8-14(16)18(24)25;1-11-15(17(23)22(21-11)12-5-3-2-4-6-12)10-20-16-9-13(29(26,27)28-19)7-8-14(16)18(24)25;/h2-10,21,23H,1H3,(H,24,25)(H,26,27,28);2-10,23H,19H2,1H3,(H,24,25);. The van der Waals surface area contributed by atoms with Gasteiger partial charge >= 0.3 is 32.4 Å². The number of aromatic carboxylic acids is 2. The van der Waals surface area contributed by atoms with Crippen molar-refractivity contribution >= 4 is 61.9 Å². The van der Waals surface area contributed by atoms with Crippen molar-refractivity contribution in [3.05, 3.63) is 131 Å². The van der Waals surface area contributed by atoms with Crippen molar-refractivity contribution in [2.75, 3.05) is 4.72 Å². The zero-order chi connectivity index (χ0) is 42.4. The number of carboxylic acids is 2. The summed E-state index contributed by atoms with van der Waals surface area (Å²) in [5.41, 5.74) is 1.85. The van der Waals surface area contributed by atoms with Crippen LogP contribution in [-0.4, -0.2) is 85.7 Å². The van der Waals surface area contributed by atoms with Crippen molar-refractivity contribution in [2.24, 2.45) is 15.9 Å². The second-order valence-corrected chi connectivity index (χ2v) is 14.5. The summed E-state index contributed by atoms with van der Waals surface area (Å²) < 4.78 is 62.8. The van der Waals surface area contributed by atoms with Crippen LogP contribution in [0.25, 0.3) is 11.4 Å². The fraction of sp³-hybridized carbons (Fsp3) is 0.0556. The van der Waals surface area contributed by atoms with Crippen LogP contribution in [0.5, 0.6) is 11.8 Å². The molecule has 2 heterocycles. The van der Waals surface area contributed by atoms with E-state index in [1.165, 1.54) is 27.9 Å². The Morgan fingerprint density at radius 2 is 1.14 bits per heavy atom. The van der Waals surface area contributed by atoms with Gasteiger partial charge in [0.1, 0.15) is 0 Å². The number of benzene rings is 4. The van der Waals surface area contributed by atoms with Crippen LogP contribution >= 0.6 is 0 Å². The molecule has 4 aromatic carbocycles. The van der Waals surface area contributed by atoms with Crippen molar-refractivity contribution < 1.29 is 73.0 Å². The van der Waals surface area contributed by atoms with E-state index in [1.54, 1.807) is 62.4 Å². The van der Waals surface area contributed by atoms with Crippen molar-refractivity contribution in [2.45, 2.75) is 18.7 Å². The predicted molar refractivity (Wildman–Crippen MR) is 209 cm³/mol. The van der Waals surface area contributed by atoms with Gasteiger partial charge in [0, 0.05) is 29.8 Å². The Morgan fingerprint density at radius 3 is 1.54 bits per heavy atom. The SMILES string of the molecule is Cc1nn(-c2ccccc2)c(O)c1C=Nc1cc(NS(=O)(=O)O)ccc1C(=O)O.Cc1nn(-c2ccccc2)c(O)c1C=Nc1cc(S(=O)(=O)ON)ccc1C(=O)O.[Cr]. The monoisotopic (exact) mass is 884 g/mol. The van der Waals surface area contributed by atoms with Gasteiger partial charge in [0.25, 0.3) is 0 Å². The number of hydrogen-bond donors (Lipinski definition) is 7. The van der Waals surface area contributed by atoms with E-state index in [0.29, 0.717) is 22.8 Å². The van der Waals surface area contributed by atoms with E-state index in [4.69, 9.17) is 10.4 Å². The summed E-state index contributed by atoms with van der Waals surface area (Å²) in [4.78, 5) is 30.6. The summed E-state index contributed by atoms with van der Waals surface area (Å²) in [6.45, 7) is 3.29. The molecule has 8 N–H and O–H groups in total. The van der Waals surface area contributed by atoms with E-state index in [2.05, 4.69) is 24.5 Å². The quantitative estimate of drug-likeness (QED) is 0.0507. The van der Waals surface area contributed by atoms with Gasteiger partial charge in [-0.25, -0.2) is 19.0 Å². The number of nitrogens with zero attached hydrogens (tertiary/aromatic N) is 6. The number of aromatic nitrogens is 4. The number of nitrogens with two attached hydrogens (primary N) is 1. The second-order valence-electron chi connectivity index (χ2n) is 11.8. The first kappa shape index (κ1) is 45.0. The van der Waals surface area contributed by atoms with E-state index in [9.17, 15) is 46.9 Å². The first-order valence-electron chi connectivity index (χ1n) is 16.3. The largest absolute Gasteiger partial charge is 0.493 e. The first-order valence-corrected chi connectivity index (χ1v) is 19.1. The molecule has 0 saturated carbocycles. The number of carboxylic acid groups (broad SMARTS) is 2. The summed E-state index contributed by atoms with van der Waals surface area (Å²) in [5.74, 6) is 1.77. The molecule has 0 aliphatic carbocycles. The number of aromatic hydroxyl groups is 2. The van der Waals surface area contributed by atoms with Gasteiger partial charge in [-0.1, -0.05) is 36.4 Å². The van der Waals surface area contributed by atoms with E-state index >= 15 is 0 Å². The Balaban J connectivity index is 0.000000256. The Morgan fingerprint density at radius 1 is 0.712 bits per heavy atom. The molecule has 0 atom stereocenters. The van der Waals surface area contributed by atoms with Gasteiger partial charge in [-0.2, -0.15) is 37.2 Å². The van der Waals surface area contributed by atoms with Gasteiger partial charge in [-0.15, -0.1) is 0 Å². The van der Waals surface area contributed by atoms with Crippen LogP contribution in [-0.2, 0) is 42.1 Å². The minimum Gasteiger partial charge on any atom is -0.493 e. The second kappa shape index (κ2) is 18.7. The van der Waals surface area contributed by atoms with Crippen molar-refractivity contribution in [1.29, 1.82) is 0 Å². The molecule has 0 aliphatic heterocycles. The average Bonchev–Trinajstić information content (AvgIpc) is 3.64. The molecule has 0 saturated heterocycles. The molecular weight excluding hydrogens is 853 g/mol. The number of aryl methyl sites for hydroxylation is 2. The van der Waals surface area contributed by atoms with Crippen LogP contribution in [0.1, 0.15) is 43.2 Å². The number of hydrogen-bond acceptors (Lipinski definition) is 14. The van der Waals surface area contributed by atoms with Crippen LogP contribution in [0.15, 0.2) is 112 Å². The number of nitrogens with one attached hydrogen (secondary N) is 1. The fourth-order valence-electron chi connectivity index (χ4n) is 5.17. The number of para-hydroxylation sites is 2. The molecular formula is C36H32CrN8O12S2. The molecule has 6 aromatic rings. The molecule has 2 aromatic heterocycles. The normalized spacial score (nSPS) is 11.5. The van der Waals surface area contributed by atoms with Gasteiger partial charge < -0.3 is 20.4 Å². The molecule has 0 fully saturated rings. The summed E-state index contributed by atoms with van der Waals surface area (Å²) in [6.07, 6.45) is 2.44. The Bertz CT molecular complexity index is 2790. The zero-order valence-corrected chi connectivity index (χ0v) is 33.4. The van der Waals surface area contributed by atoms with Crippen molar-refractivity contribution in [3.8, 4) is 23.1 Å². The molecule has 0 spiro atoms. The maximum absolute atomic E-state index is 11.8. The first-order chi connectivity index (χ1) is 27.4. The van der Waals surface area contributed by atoms with Crippen LogP contribution in [0, 0.1) is 13.8 Å². The van der Waals surface area contributed by atoms with E-state index in [0.717, 1.165) is 30.3 Å². The van der Waals surface area contributed by atoms with Gasteiger partial charge in [-0.05, 0) is 74.5 Å². The summed E-state index contributed by atoms with van der Waals surface area (Å²) in [7, 11) is -8.79. The van der Waals surface area contributed by atoms with Crippen LogP contribution in [0.2, 0.25) is 0 Å². The van der Waals surface area contributed by atoms with Gasteiger partial charge in [0.2, 0.25) is 11.8 Å². The van der Waals surface area contributed by atoms with E-state index < -0.39 is 32.4 Å². The smallest absolute Gasteiger partial charge is 0.357 e. The molecule has 306 valence electrons. The van der Waals surface area contributed by atoms with Crippen LogP contribution < -0.4 is 10.6 Å². The molecule has 6 rings (SSSR count). The molecule has 0 radical (unpaired) electrons. The summed E-state index contributed by atoms with van der Waals surface area (Å²) >= 11 is 0. The minimum absolute atomic E-state index is 0. The molecule has 0 unspecified atom stereocenters. The van der Waals surface area contributed by atoms with Gasteiger partial charge in [0.15, 0.2) is 0 Å². The topological polar surface area (TPSA) is 311 Å². The Hall–Kier alpha value is -6.71. The third-order valence-corrected chi connectivity index (χ3v) is 9.50. The third-order valence-electron chi connectivity index (χ3n) is 7.92. The molecule has 0 bridgehead atoms. The van der Waals surface area contributed by atoms with Gasteiger partial charge in [-0.3, -0.25) is 19.3 Å². The number of aliphatic imine (C=N–C) groups is 2. The van der Waals surface area contributed by atoms with Gasteiger partial charge in [0.05, 0.1) is 67.0 Å². The fourth-order valence-corrected chi connectivity index (χ4v) is 6.19. The molecule has 0 amide bonds. The Labute approximate surface area is 346 Å². The molecule has 23 heteroatoms. The predicted octanol–water partition coefficient (Wildman–Crippen LogP) is 4.46. The average molecular weight is 885 g/mol. The Kier molecular flexibility index (Phi) is 14.3. The van der Waals surface area contributed by atoms with E-state index in [-0.39, 0.29) is 73.3 Å². The maximum atomic E-state index is 11.8. The number of anilines is 1. The molecule has 20 nitrogen and oxygen atoms in total. The van der Waals surface area contributed by atoms with Crippen molar-refractivity contribution in [3.63, 3.8) is 0 Å². The summed E-state index contributed by atoms with van der Waals surface area (Å²) in [6, 6.07) is 24.3. The van der Waals surface area contributed by atoms with Crippen LogP contribution in [0.3, 0.4) is 0 Å². The minimum atomic E-state index is -4.54. The van der Waals surface area contributed by atoms with Crippen molar-refractivity contribution in [1.82, 2.24) is 19.6 Å². The van der Waals surface area contributed by atoms with Crippen LogP contribution in [0.4, 0.5) is 17.1 Å². The molecule has 0 aliphatic rings. The molecule has 59 heavy (non-hydrogen) atoms. The number of rotatable bonds is 12. The van der Waals surface area contributed by atoms with E-state index in [1.807, 2.05) is 16.9 Å². The number of carbonyl (C=O) groups is 2. The zero-order valence-electron chi connectivity index (χ0n) is 30.5. The third kappa shape index (κ3) is 10.8.